The van der Waals surface area contributed by atoms with Crippen molar-refractivity contribution in [2.75, 3.05) is 5.73 Å². The summed E-state index contributed by atoms with van der Waals surface area (Å²) in [5.41, 5.74) is 10.7. The number of hydrogen-bond donors (Lipinski definition) is 1. The molecule has 0 fully saturated rings. The summed E-state index contributed by atoms with van der Waals surface area (Å²) in [4.78, 5) is 21.5. The largest absolute Gasteiger partial charge is 0.375 e. The lowest BCUT2D eigenvalue weighted by Gasteiger charge is -2.00. The number of halogens is 1. The van der Waals surface area contributed by atoms with Crippen LogP contribution in [0.5, 0.6) is 0 Å². The van der Waals surface area contributed by atoms with E-state index in [1.54, 1.807) is 0 Å². The average Bonchev–Trinajstić information content (AvgIpc) is 3.15. The minimum Gasteiger partial charge on any atom is -0.375 e. The Hall–Kier alpha value is -2.09. The quantitative estimate of drug-likeness (QED) is 0.433. The van der Waals surface area contributed by atoms with Gasteiger partial charge in [-0.1, -0.05) is 41.2 Å². The van der Waals surface area contributed by atoms with Crippen LogP contribution in [0.3, 0.4) is 0 Å². The Labute approximate surface area is 173 Å². The van der Waals surface area contributed by atoms with Crippen molar-refractivity contribution in [3.8, 4) is 11.3 Å². The van der Waals surface area contributed by atoms with E-state index >= 15 is 0 Å². The third-order valence-corrected chi connectivity index (χ3v) is 6.69. The first kappa shape index (κ1) is 18.3. The van der Waals surface area contributed by atoms with Gasteiger partial charge in [0.05, 0.1) is 26.1 Å². The van der Waals surface area contributed by atoms with Gasteiger partial charge in [-0.3, -0.25) is 4.79 Å². The number of ketones is 1. The number of aryl methyl sites for hydroxylation is 1. The molecule has 0 aliphatic carbocycles. The van der Waals surface area contributed by atoms with Crippen molar-refractivity contribution in [3.63, 3.8) is 0 Å². The molecule has 7 heteroatoms. The molecule has 136 valence electrons. The number of rotatable bonds is 5. The fraction of sp³-hybridized carbons (Fsp3) is 0.150. The van der Waals surface area contributed by atoms with Crippen LogP contribution in [0.2, 0.25) is 0 Å². The predicted octanol–water partition coefficient (Wildman–Crippen LogP) is 5.43. The number of carbonyl (C=O) groups excluding carboxylic acids is 1. The molecule has 0 saturated heterocycles. The highest BCUT2D eigenvalue weighted by Crippen LogP contribution is 2.33. The van der Waals surface area contributed by atoms with Crippen molar-refractivity contribution < 1.29 is 4.79 Å². The zero-order valence-corrected chi connectivity index (χ0v) is 17.7. The second-order valence-corrected chi connectivity index (χ2v) is 9.81. The molecule has 0 amide bonds. The Morgan fingerprint density at radius 2 is 1.96 bits per heavy atom. The van der Waals surface area contributed by atoms with E-state index in [2.05, 4.69) is 45.0 Å². The van der Waals surface area contributed by atoms with Gasteiger partial charge in [0, 0.05) is 12.0 Å². The number of hydrogen-bond acceptors (Lipinski definition) is 6. The lowest BCUT2D eigenvalue weighted by atomic mass is 10.1. The zero-order valence-electron chi connectivity index (χ0n) is 14.5. The maximum atomic E-state index is 12.5. The van der Waals surface area contributed by atoms with E-state index < -0.39 is 0 Å². The smallest absolute Gasteiger partial charge is 0.181 e. The average molecular weight is 458 g/mol. The number of nitrogens with two attached hydrogens (primary N) is 1. The molecule has 4 nitrogen and oxygen atoms in total. The minimum atomic E-state index is 0.142. The van der Waals surface area contributed by atoms with Gasteiger partial charge >= 0.3 is 0 Å². The van der Waals surface area contributed by atoms with Crippen LogP contribution in [0.25, 0.3) is 21.5 Å². The molecule has 0 bridgehead atoms. The Balaban J connectivity index is 1.50. The summed E-state index contributed by atoms with van der Waals surface area (Å²) >= 11 is 6.55. The van der Waals surface area contributed by atoms with Gasteiger partial charge in [0.1, 0.15) is 10.8 Å². The normalized spacial score (nSPS) is 11.2. The summed E-state index contributed by atoms with van der Waals surface area (Å²) < 4.78 is 1.97. The van der Waals surface area contributed by atoms with Gasteiger partial charge in [0.25, 0.3) is 0 Å². The summed E-state index contributed by atoms with van der Waals surface area (Å²) in [7, 11) is 0. The summed E-state index contributed by atoms with van der Waals surface area (Å²) in [6.07, 6.45) is 0.711. The van der Waals surface area contributed by atoms with Gasteiger partial charge in [0.15, 0.2) is 5.13 Å². The Morgan fingerprint density at radius 3 is 2.78 bits per heavy atom. The Bertz CT molecular complexity index is 1150. The summed E-state index contributed by atoms with van der Waals surface area (Å²) in [6, 6.07) is 14.1. The maximum Gasteiger partial charge on any atom is 0.181 e. The monoisotopic (exact) mass is 457 g/mol. The molecule has 0 unspecified atom stereocenters. The van der Waals surface area contributed by atoms with Crippen LogP contribution < -0.4 is 5.73 Å². The standard InChI is InChI=1S/C20H16BrN3OS2/c1-11-3-2-4-13(7-11)18-19(21)27-17(24-18)10-14(25)8-12-5-6-15-16(9-12)26-20(22)23-15/h2-7,9H,8,10H2,1H3,(H2,22,23). The van der Waals surface area contributed by atoms with Gasteiger partial charge in [-0.2, -0.15) is 0 Å². The first-order valence-corrected chi connectivity index (χ1v) is 10.8. The fourth-order valence-electron chi connectivity index (χ4n) is 2.94. The number of carbonyl (C=O) groups is 1. The molecule has 0 aliphatic rings. The number of anilines is 1. The van der Waals surface area contributed by atoms with Crippen LogP contribution in [0, 0.1) is 6.92 Å². The molecule has 0 atom stereocenters. The number of Topliss-reactive ketones (excluding diaryl/α,β-unsaturated/α-hetero) is 1. The molecule has 27 heavy (non-hydrogen) atoms. The van der Waals surface area contributed by atoms with E-state index in [-0.39, 0.29) is 5.78 Å². The first-order chi connectivity index (χ1) is 13.0. The zero-order chi connectivity index (χ0) is 19.0. The van der Waals surface area contributed by atoms with Gasteiger partial charge in [0.2, 0.25) is 0 Å². The van der Waals surface area contributed by atoms with Crippen LogP contribution in [0.15, 0.2) is 46.3 Å². The number of aromatic nitrogens is 2. The van der Waals surface area contributed by atoms with Crippen molar-refractivity contribution in [2.45, 2.75) is 19.8 Å². The molecular formula is C20H16BrN3OS2. The topological polar surface area (TPSA) is 68.9 Å². The highest BCUT2D eigenvalue weighted by Gasteiger charge is 2.15. The van der Waals surface area contributed by atoms with E-state index in [1.165, 1.54) is 28.2 Å². The first-order valence-electron chi connectivity index (χ1n) is 8.37. The van der Waals surface area contributed by atoms with E-state index in [4.69, 9.17) is 5.73 Å². The minimum absolute atomic E-state index is 0.142. The molecule has 4 aromatic rings. The third kappa shape index (κ3) is 4.10. The molecule has 0 aliphatic heterocycles. The molecule has 0 saturated carbocycles. The number of nitrogen functional groups attached to an aromatic ring is 1. The highest BCUT2D eigenvalue weighted by molar-refractivity contribution is 9.11. The van der Waals surface area contributed by atoms with E-state index in [9.17, 15) is 4.79 Å². The number of nitrogens with zero attached hydrogens (tertiary/aromatic N) is 2. The molecule has 2 aromatic heterocycles. The summed E-state index contributed by atoms with van der Waals surface area (Å²) in [5, 5.41) is 1.37. The van der Waals surface area contributed by atoms with Crippen LogP contribution in [0.1, 0.15) is 16.1 Å². The SMILES string of the molecule is Cc1cccc(-c2nc(CC(=O)Cc3ccc4nc(N)sc4c3)sc2Br)c1. The molecular weight excluding hydrogens is 442 g/mol. The second-order valence-electron chi connectivity index (χ2n) is 6.35. The second kappa shape index (κ2) is 7.50. The fourth-order valence-corrected chi connectivity index (χ4v) is 5.46. The lowest BCUT2D eigenvalue weighted by molar-refractivity contribution is -0.117. The summed E-state index contributed by atoms with van der Waals surface area (Å²) in [6.45, 7) is 2.06. The Kier molecular flexibility index (Phi) is 5.08. The molecule has 4 rings (SSSR count). The lowest BCUT2D eigenvalue weighted by Crippen LogP contribution is -2.06. The van der Waals surface area contributed by atoms with Crippen molar-refractivity contribution in [1.82, 2.24) is 9.97 Å². The van der Waals surface area contributed by atoms with Crippen molar-refractivity contribution in [3.05, 3.63) is 62.4 Å². The molecule has 0 radical (unpaired) electrons. The van der Waals surface area contributed by atoms with E-state index in [0.29, 0.717) is 18.0 Å². The Morgan fingerprint density at radius 1 is 1.11 bits per heavy atom. The maximum absolute atomic E-state index is 12.5. The van der Waals surface area contributed by atoms with E-state index in [0.717, 1.165) is 35.8 Å². The highest BCUT2D eigenvalue weighted by atomic mass is 79.9. The van der Waals surface area contributed by atoms with Crippen LogP contribution in [0.4, 0.5) is 5.13 Å². The van der Waals surface area contributed by atoms with Gasteiger partial charge in [-0.15, -0.1) is 11.3 Å². The van der Waals surface area contributed by atoms with Crippen LogP contribution >= 0.6 is 38.6 Å². The molecule has 2 heterocycles. The number of benzene rings is 2. The predicted molar refractivity (Wildman–Crippen MR) is 116 cm³/mol. The van der Waals surface area contributed by atoms with Crippen molar-refractivity contribution in [2.24, 2.45) is 0 Å². The molecule has 0 spiro atoms. The summed E-state index contributed by atoms with van der Waals surface area (Å²) in [5.74, 6) is 0.142. The molecule has 2 N–H and O–H groups in total. The number of thiazole rings is 2. The van der Waals surface area contributed by atoms with Crippen molar-refractivity contribution >= 4 is 59.7 Å². The van der Waals surface area contributed by atoms with Gasteiger partial charge < -0.3 is 5.73 Å². The molecule has 2 aromatic carbocycles. The number of fused-ring (bicyclic) bond motifs is 1. The van der Waals surface area contributed by atoms with Gasteiger partial charge in [-0.05, 0) is 46.6 Å². The third-order valence-electron chi connectivity index (χ3n) is 4.14. The van der Waals surface area contributed by atoms with Crippen molar-refractivity contribution in [1.29, 1.82) is 0 Å². The van der Waals surface area contributed by atoms with Crippen LogP contribution in [-0.2, 0) is 17.6 Å². The van der Waals surface area contributed by atoms with Crippen LogP contribution in [-0.4, -0.2) is 15.8 Å². The van der Waals surface area contributed by atoms with Gasteiger partial charge in [-0.25, -0.2) is 9.97 Å². The van der Waals surface area contributed by atoms with E-state index in [1.807, 2.05) is 30.3 Å².